The first-order chi connectivity index (χ1) is 14.8. The number of carbonyl (C=O) groups excluding carboxylic acids is 2. The van der Waals surface area contributed by atoms with Crippen molar-refractivity contribution in [2.45, 2.75) is 19.8 Å². The van der Waals surface area contributed by atoms with Crippen LogP contribution in [0.2, 0.25) is 0 Å². The Kier molecular flexibility index (Phi) is 9.16. The van der Waals surface area contributed by atoms with Crippen LogP contribution < -0.4 is 5.32 Å². The molecule has 0 spiro atoms. The van der Waals surface area contributed by atoms with E-state index < -0.39 is 17.9 Å². The van der Waals surface area contributed by atoms with Crippen molar-refractivity contribution in [2.75, 3.05) is 45.9 Å². The quantitative estimate of drug-likeness (QED) is 0.460. The number of nitriles is 1. The predicted octanol–water partition coefficient (Wildman–Crippen LogP) is 2.80. The van der Waals surface area contributed by atoms with Crippen LogP contribution in [-0.4, -0.2) is 62.7 Å². The van der Waals surface area contributed by atoms with E-state index >= 15 is 0 Å². The molecule has 1 N–H and O–H groups in total. The highest BCUT2D eigenvalue weighted by Crippen LogP contribution is 2.39. The molecule has 0 radical (unpaired) electrons. The van der Waals surface area contributed by atoms with Crippen LogP contribution in [0.5, 0.6) is 0 Å². The summed E-state index contributed by atoms with van der Waals surface area (Å²) in [6.07, 6.45) is 0. The number of nitrogens with one attached hydrogen (secondary N) is 1. The summed E-state index contributed by atoms with van der Waals surface area (Å²) in [5.41, 5.74) is 3.00. The molecule has 1 aliphatic rings. The van der Waals surface area contributed by atoms with Gasteiger partial charge in [0, 0.05) is 29.4 Å². The third-order valence-corrected chi connectivity index (χ3v) is 5.80. The molecule has 166 valence electrons. The number of benzene rings is 1. The summed E-state index contributed by atoms with van der Waals surface area (Å²) in [6, 6.07) is 9.00. The number of rotatable bonds is 9. The van der Waals surface area contributed by atoms with Gasteiger partial charge in [-0.1, -0.05) is 12.1 Å². The molecular formula is C23H29N3O4S. The number of methoxy groups -OCH3 is 1. The molecule has 1 heterocycles. The van der Waals surface area contributed by atoms with Crippen LogP contribution in [0.3, 0.4) is 0 Å². The summed E-state index contributed by atoms with van der Waals surface area (Å²) in [6.45, 7) is 4.77. The third kappa shape index (κ3) is 6.36. The van der Waals surface area contributed by atoms with E-state index in [0.717, 1.165) is 12.3 Å². The molecule has 2 rings (SSSR count). The van der Waals surface area contributed by atoms with Gasteiger partial charge in [0.05, 0.1) is 35.8 Å². The zero-order valence-electron chi connectivity index (χ0n) is 18.7. The highest BCUT2D eigenvalue weighted by atomic mass is 32.2. The van der Waals surface area contributed by atoms with Gasteiger partial charge in [-0.3, -0.25) is 0 Å². The first-order valence-corrected chi connectivity index (χ1v) is 11.1. The Morgan fingerprint density at radius 2 is 1.84 bits per heavy atom. The van der Waals surface area contributed by atoms with Crippen molar-refractivity contribution in [3.05, 3.63) is 57.9 Å². The highest BCUT2D eigenvalue weighted by molar-refractivity contribution is 7.99. The molecule has 1 atom stereocenters. The van der Waals surface area contributed by atoms with Gasteiger partial charge in [0.1, 0.15) is 6.61 Å². The van der Waals surface area contributed by atoms with E-state index in [1.807, 2.05) is 14.1 Å². The number of thioether (sulfide) groups is 1. The van der Waals surface area contributed by atoms with Gasteiger partial charge in [-0.05, 0) is 45.6 Å². The minimum atomic E-state index is -0.684. The van der Waals surface area contributed by atoms with Crippen LogP contribution in [0.1, 0.15) is 30.9 Å². The van der Waals surface area contributed by atoms with Crippen LogP contribution in [0.15, 0.2) is 46.8 Å². The van der Waals surface area contributed by atoms with Gasteiger partial charge in [0.2, 0.25) is 0 Å². The molecule has 31 heavy (non-hydrogen) atoms. The van der Waals surface area contributed by atoms with E-state index in [-0.39, 0.29) is 6.61 Å². The Labute approximate surface area is 188 Å². The average Bonchev–Trinajstić information content (AvgIpc) is 2.74. The second-order valence-electron chi connectivity index (χ2n) is 7.42. The van der Waals surface area contributed by atoms with Crippen LogP contribution in [0.25, 0.3) is 0 Å². The second kappa shape index (κ2) is 11.6. The van der Waals surface area contributed by atoms with Crippen molar-refractivity contribution in [1.29, 1.82) is 5.26 Å². The lowest BCUT2D eigenvalue weighted by molar-refractivity contribution is -0.139. The number of ether oxygens (including phenoxy) is 2. The SMILES string of the molecule is COC(=O)C1=C(C)NC(C)=C(C(=O)OCCSCCN(C)C)C1c1cccc(C#N)c1. The lowest BCUT2D eigenvalue weighted by atomic mass is 9.80. The first-order valence-electron chi connectivity index (χ1n) is 9.96. The normalized spacial score (nSPS) is 16.1. The molecule has 8 heteroatoms. The predicted molar refractivity (Wildman–Crippen MR) is 121 cm³/mol. The van der Waals surface area contributed by atoms with Gasteiger partial charge in [0.25, 0.3) is 0 Å². The number of carbonyl (C=O) groups is 2. The fourth-order valence-corrected chi connectivity index (χ4v) is 4.29. The number of esters is 2. The molecule has 1 aromatic carbocycles. The molecule has 0 saturated carbocycles. The summed E-state index contributed by atoms with van der Waals surface area (Å²) in [4.78, 5) is 27.8. The Bertz CT molecular complexity index is 931. The minimum Gasteiger partial charge on any atom is -0.466 e. The van der Waals surface area contributed by atoms with Crippen LogP contribution in [-0.2, 0) is 19.1 Å². The van der Waals surface area contributed by atoms with Crippen LogP contribution >= 0.6 is 11.8 Å². The Hall–Kier alpha value is -2.76. The van der Waals surface area contributed by atoms with Crippen LogP contribution in [0, 0.1) is 11.3 Å². The van der Waals surface area contributed by atoms with Crippen molar-refractivity contribution >= 4 is 23.7 Å². The second-order valence-corrected chi connectivity index (χ2v) is 8.64. The van der Waals surface area contributed by atoms with Crippen molar-refractivity contribution in [3.8, 4) is 6.07 Å². The zero-order chi connectivity index (χ0) is 23.0. The van der Waals surface area contributed by atoms with Crippen molar-refractivity contribution in [2.24, 2.45) is 0 Å². The smallest absolute Gasteiger partial charge is 0.336 e. The van der Waals surface area contributed by atoms with E-state index in [1.54, 1.807) is 49.9 Å². The van der Waals surface area contributed by atoms with Gasteiger partial charge < -0.3 is 19.7 Å². The molecular weight excluding hydrogens is 414 g/mol. The van der Waals surface area contributed by atoms with Gasteiger partial charge in [-0.15, -0.1) is 0 Å². The number of dihydropyridines is 1. The van der Waals surface area contributed by atoms with Gasteiger partial charge in [0.15, 0.2) is 0 Å². The lowest BCUT2D eigenvalue weighted by Gasteiger charge is -2.30. The standard InChI is InChI=1S/C23H29N3O4S/c1-15-19(22(27)29-5)21(18-8-6-7-17(13-18)14-24)20(16(2)25-15)23(28)30-10-12-31-11-9-26(3)4/h6-8,13,21,25H,9-12H2,1-5H3. The molecule has 0 aromatic heterocycles. The molecule has 0 aliphatic carbocycles. The van der Waals surface area contributed by atoms with Gasteiger partial charge in [-0.2, -0.15) is 17.0 Å². The van der Waals surface area contributed by atoms with Crippen LogP contribution in [0.4, 0.5) is 0 Å². The number of nitrogens with zero attached hydrogens (tertiary/aromatic N) is 2. The Morgan fingerprint density at radius 1 is 1.16 bits per heavy atom. The minimum absolute atomic E-state index is 0.273. The van der Waals surface area contributed by atoms with Gasteiger partial charge in [-0.25, -0.2) is 9.59 Å². The molecule has 1 aliphatic heterocycles. The molecule has 1 aromatic rings. The van der Waals surface area contributed by atoms with Crippen molar-refractivity contribution < 1.29 is 19.1 Å². The topological polar surface area (TPSA) is 91.7 Å². The Morgan fingerprint density at radius 3 is 2.45 bits per heavy atom. The maximum Gasteiger partial charge on any atom is 0.336 e. The van der Waals surface area contributed by atoms with E-state index in [2.05, 4.69) is 16.3 Å². The molecule has 0 amide bonds. The van der Waals surface area contributed by atoms with E-state index in [0.29, 0.717) is 39.4 Å². The van der Waals surface area contributed by atoms with E-state index in [9.17, 15) is 14.9 Å². The largest absolute Gasteiger partial charge is 0.466 e. The monoisotopic (exact) mass is 443 g/mol. The third-order valence-electron chi connectivity index (χ3n) is 4.88. The number of allylic oxidation sites excluding steroid dienone is 2. The summed E-state index contributed by atoms with van der Waals surface area (Å²) in [5, 5.41) is 12.4. The van der Waals surface area contributed by atoms with Crippen molar-refractivity contribution in [1.82, 2.24) is 10.2 Å². The lowest BCUT2D eigenvalue weighted by Crippen LogP contribution is -2.32. The summed E-state index contributed by atoms with van der Waals surface area (Å²) in [5.74, 6) is -0.0665. The zero-order valence-corrected chi connectivity index (χ0v) is 19.5. The Balaban J connectivity index is 2.30. The fraction of sp³-hybridized carbons (Fsp3) is 0.435. The highest BCUT2D eigenvalue weighted by Gasteiger charge is 2.37. The maximum atomic E-state index is 13.1. The number of hydrogen-bond acceptors (Lipinski definition) is 8. The first kappa shape index (κ1) is 24.5. The average molecular weight is 444 g/mol. The van der Waals surface area contributed by atoms with Crippen molar-refractivity contribution in [3.63, 3.8) is 0 Å². The maximum absolute atomic E-state index is 13.1. The fourth-order valence-electron chi connectivity index (χ4n) is 3.39. The molecule has 7 nitrogen and oxygen atoms in total. The van der Waals surface area contributed by atoms with E-state index in [4.69, 9.17) is 9.47 Å². The summed E-state index contributed by atoms with van der Waals surface area (Å²) in [7, 11) is 5.34. The molecule has 0 saturated heterocycles. The number of hydrogen-bond donors (Lipinski definition) is 1. The van der Waals surface area contributed by atoms with E-state index in [1.165, 1.54) is 7.11 Å². The molecule has 1 unspecified atom stereocenters. The summed E-state index contributed by atoms with van der Waals surface area (Å²) < 4.78 is 10.5. The summed E-state index contributed by atoms with van der Waals surface area (Å²) >= 11 is 1.71. The molecule has 0 fully saturated rings. The van der Waals surface area contributed by atoms with Gasteiger partial charge >= 0.3 is 11.9 Å². The molecule has 0 bridgehead atoms.